The molecule has 0 spiro atoms. The highest BCUT2D eigenvalue weighted by Crippen LogP contribution is 2.28. The Labute approximate surface area is 91.6 Å². The van der Waals surface area contributed by atoms with Crippen LogP contribution in [0.15, 0.2) is 0 Å². The van der Waals surface area contributed by atoms with Gasteiger partial charge in [-0.1, -0.05) is 0 Å². The maximum atomic E-state index is 11.1. The van der Waals surface area contributed by atoms with E-state index < -0.39 is 10.0 Å². The zero-order valence-electron chi connectivity index (χ0n) is 9.38. The van der Waals surface area contributed by atoms with Crippen molar-refractivity contribution in [2.75, 3.05) is 39.6 Å². The highest BCUT2D eigenvalue weighted by molar-refractivity contribution is 7.88. The molecule has 1 heterocycles. The van der Waals surface area contributed by atoms with Crippen LogP contribution >= 0.6 is 0 Å². The molecule has 0 aromatic carbocycles. The Bertz CT molecular complexity index is 278. The second-order valence-corrected chi connectivity index (χ2v) is 6.11. The molecule has 1 saturated heterocycles. The fraction of sp³-hybridized carbons (Fsp3) is 1.00. The first-order valence-electron chi connectivity index (χ1n) is 5.12. The number of piperidine rings is 1. The van der Waals surface area contributed by atoms with Crippen molar-refractivity contribution in [3.8, 4) is 0 Å². The van der Waals surface area contributed by atoms with Gasteiger partial charge >= 0.3 is 0 Å². The number of hydrogen-bond donors (Lipinski definition) is 2. The van der Waals surface area contributed by atoms with Crippen LogP contribution in [0.1, 0.15) is 12.8 Å². The number of rotatable bonds is 5. The molecule has 90 valence electrons. The van der Waals surface area contributed by atoms with Gasteiger partial charge in [-0.05, 0) is 25.9 Å². The van der Waals surface area contributed by atoms with E-state index in [-0.39, 0.29) is 5.41 Å². The van der Waals surface area contributed by atoms with Crippen LogP contribution in [0.4, 0.5) is 0 Å². The molecule has 0 aromatic heterocycles. The Morgan fingerprint density at radius 3 is 2.47 bits per heavy atom. The predicted octanol–water partition coefficient (Wildman–Crippen LogP) is -0.448. The van der Waals surface area contributed by atoms with Gasteiger partial charge in [0.15, 0.2) is 0 Å². The summed E-state index contributed by atoms with van der Waals surface area (Å²) in [6.07, 6.45) is 3.08. The minimum atomic E-state index is -3.11. The second kappa shape index (κ2) is 5.25. The number of nitrogens with one attached hydrogen (secondary N) is 2. The third-order valence-corrected chi connectivity index (χ3v) is 3.49. The molecule has 15 heavy (non-hydrogen) atoms. The van der Waals surface area contributed by atoms with E-state index >= 15 is 0 Å². The minimum absolute atomic E-state index is 0.0386. The molecule has 2 N–H and O–H groups in total. The average molecular weight is 236 g/mol. The van der Waals surface area contributed by atoms with Crippen molar-refractivity contribution in [3.05, 3.63) is 0 Å². The smallest absolute Gasteiger partial charge is 0.208 e. The van der Waals surface area contributed by atoms with Crippen LogP contribution in [0.2, 0.25) is 0 Å². The molecule has 0 amide bonds. The Morgan fingerprint density at radius 1 is 1.40 bits per heavy atom. The lowest BCUT2D eigenvalue weighted by molar-refractivity contribution is 0.0577. The van der Waals surface area contributed by atoms with Crippen LogP contribution in [-0.2, 0) is 14.8 Å². The van der Waals surface area contributed by atoms with Crippen molar-refractivity contribution < 1.29 is 13.2 Å². The van der Waals surface area contributed by atoms with Gasteiger partial charge in [-0.2, -0.15) is 0 Å². The van der Waals surface area contributed by atoms with Crippen LogP contribution < -0.4 is 10.0 Å². The Balaban J connectivity index is 2.56. The molecule has 0 atom stereocenters. The summed E-state index contributed by atoms with van der Waals surface area (Å²) in [5.41, 5.74) is -0.0386. The maximum Gasteiger partial charge on any atom is 0.208 e. The third-order valence-electron chi connectivity index (χ3n) is 2.82. The molecule has 1 fully saturated rings. The monoisotopic (exact) mass is 236 g/mol. The molecule has 6 heteroatoms. The summed E-state index contributed by atoms with van der Waals surface area (Å²) >= 11 is 0. The molecule has 5 nitrogen and oxygen atoms in total. The molecular weight excluding hydrogens is 216 g/mol. The summed E-state index contributed by atoms with van der Waals surface area (Å²) in [7, 11) is -1.45. The average Bonchev–Trinajstić information content (AvgIpc) is 2.16. The van der Waals surface area contributed by atoms with Gasteiger partial charge in [0.1, 0.15) is 0 Å². The summed E-state index contributed by atoms with van der Waals surface area (Å²) in [5.74, 6) is 0. The van der Waals surface area contributed by atoms with E-state index in [1.54, 1.807) is 7.11 Å². The van der Waals surface area contributed by atoms with E-state index in [2.05, 4.69) is 10.0 Å². The van der Waals surface area contributed by atoms with E-state index in [9.17, 15) is 8.42 Å². The molecular formula is C9H20N2O3S. The van der Waals surface area contributed by atoms with E-state index in [0.717, 1.165) is 25.9 Å². The largest absolute Gasteiger partial charge is 0.384 e. The van der Waals surface area contributed by atoms with Crippen LogP contribution in [0.5, 0.6) is 0 Å². The van der Waals surface area contributed by atoms with Crippen molar-refractivity contribution in [1.29, 1.82) is 0 Å². The normalized spacial score (nSPS) is 21.5. The zero-order chi connectivity index (χ0) is 11.4. The van der Waals surface area contributed by atoms with Gasteiger partial charge in [-0.25, -0.2) is 13.1 Å². The maximum absolute atomic E-state index is 11.1. The Kier molecular flexibility index (Phi) is 4.51. The lowest BCUT2D eigenvalue weighted by atomic mass is 9.80. The molecule has 1 aliphatic rings. The van der Waals surface area contributed by atoms with Gasteiger partial charge < -0.3 is 10.1 Å². The lowest BCUT2D eigenvalue weighted by Crippen LogP contribution is -2.46. The van der Waals surface area contributed by atoms with Crippen molar-refractivity contribution in [3.63, 3.8) is 0 Å². The van der Waals surface area contributed by atoms with Crippen molar-refractivity contribution in [1.82, 2.24) is 10.0 Å². The Hall–Kier alpha value is -0.170. The van der Waals surface area contributed by atoms with Gasteiger partial charge in [-0.15, -0.1) is 0 Å². The molecule has 0 saturated carbocycles. The Morgan fingerprint density at radius 2 is 2.00 bits per heavy atom. The van der Waals surface area contributed by atoms with Gasteiger partial charge in [-0.3, -0.25) is 0 Å². The summed E-state index contributed by atoms with van der Waals surface area (Å²) < 4.78 is 29.9. The van der Waals surface area contributed by atoms with E-state index in [1.807, 2.05) is 0 Å². The standard InChI is InChI=1S/C9H20N2O3S/c1-14-8-9(3-5-10-6-4-9)7-11-15(2,12)13/h10-11H,3-8H2,1-2H3. The second-order valence-electron chi connectivity index (χ2n) is 4.28. The van der Waals surface area contributed by atoms with E-state index in [0.29, 0.717) is 13.2 Å². The highest BCUT2D eigenvalue weighted by Gasteiger charge is 2.32. The summed E-state index contributed by atoms with van der Waals surface area (Å²) in [5, 5.41) is 3.26. The minimum Gasteiger partial charge on any atom is -0.384 e. The van der Waals surface area contributed by atoms with Crippen molar-refractivity contribution in [2.45, 2.75) is 12.8 Å². The van der Waals surface area contributed by atoms with Gasteiger partial charge in [0.05, 0.1) is 12.9 Å². The van der Waals surface area contributed by atoms with Crippen LogP contribution in [0.3, 0.4) is 0 Å². The van der Waals surface area contributed by atoms with E-state index in [1.165, 1.54) is 6.26 Å². The number of hydrogen-bond acceptors (Lipinski definition) is 4. The summed E-state index contributed by atoms with van der Waals surface area (Å²) in [6.45, 7) is 2.93. The topological polar surface area (TPSA) is 67.4 Å². The van der Waals surface area contributed by atoms with Gasteiger partial charge in [0.25, 0.3) is 0 Å². The SMILES string of the molecule is COCC1(CNS(C)(=O)=O)CCNCC1. The molecule has 0 bridgehead atoms. The quantitative estimate of drug-likeness (QED) is 0.678. The van der Waals surface area contributed by atoms with Gasteiger partial charge in [0.2, 0.25) is 10.0 Å². The third kappa shape index (κ3) is 4.46. The van der Waals surface area contributed by atoms with Crippen LogP contribution in [0, 0.1) is 5.41 Å². The highest BCUT2D eigenvalue weighted by atomic mass is 32.2. The predicted molar refractivity (Wildman–Crippen MR) is 59.3 cm³/mol. The number of sulfonamides is 1. The molecule has 1 rings (SSSR count). The van der Waals surface area contributed by atoms with Gasteiger partial charge in [0, 0.05) is 19.1 Å². The van der Waals surface area contributed by atoms with Crippen molar-refractivity contribution in [2.24, 2.45) is 5.41 Å². The van der Waals surface area contributed by atoms with Crippen LogP contribution in [0.25, 0.3) is 0 Å². The van der Waals surface area contributed by atoms with Crippen LogP contribution in [-0.4, -0.2) is 48.0 Å². The summed E-state index contributed by atoms with van der Waals surface area (Å²) in [6, 6.07) is 0. The summed E-state index contributed by atoms with van der Waals surface area (Å²) in [4.78, 5) is 0. The zero-order valence-corrected chi connectivity index (χ0v) is 10.2. The fourth-order valence-electron chi connectivity index (χ4n) is 1.92. The first-order valence-corrected chi connectivity index (χ1v) is 7.01. The van der Waals surface area contributed by atoms with E-state index in [4.69, 9.17) is 4.74 Å². The number of ether oxygens (including phenoxy) is 1. The first-order chi connectivity index (χ1) is 6.97. The van der Waals surface area contributed by atoms with Crippen molar-refractivity contribution >= 4 is 10.0 Å². The fourth-order valence-corrected chi connectivity index (χ4v) is 2.49. The first kappa shape index (κ1) is 12.9. The molecule has 0 unspecified atom stereocenters. The lowest BCUT2D eigenvalue weighted by Gasteiger charge is -2.36. The molecule has 0 radical (unpaired) electrons. The molecule has 1 aliphatic heterocycles. The molecule has 0 aliphatic carbocycles. The molecule has 0 aromatic rings. The number of methoxy groups -OCH3 is 1.